The third-order valence-corrected chi connectivity index (χ3v) is 5.12. The van der Waals surface area contributed by atoms with Crippen molar-refractivity contribution < 1.29 is 0 Å². The second kappa shape index (κ2) is 6.15. The highest BCUT2D eigenvalue weighted by atomic mass is 32.2. The average Bonchev–Trinajstić information content (AvgIpc) is 2.85. The fourth-order valence-electron chi connectivity index (χ4n) is 3.36. The first kappa shape index (κ1) is 11.8. The maximum atomic E-state index is 3.66. The summed E-state index contributed by atoms with van der Waals surface area (Å²) < 4.78 is 0. The molecule has 0 heterocycles. The van der Waals surface area contributed by atoms with Gasteiger partial charge in [0, 0.05) is 0 Å². The van der Waals surface area contributed by atoms with Crippen molar-refractivity contribution >= 4 is 11.8 Å². The van der Waals surface area contributed by atoms with E-state index < -0.39 is 0 Å². The molecule has 2 aliphatic carbocycles. The monoisotopic (exact) mass is 227 g/mol. The Morgan fingerprint density at radius 1 is 1.27 bits per heavy atom. The summed E-state index contributed by atoms with van der Waals surface area (Å²) in [5.74, 6) is 5.83. The van der Waals surface area contributed by atoms with Crippen LogP contribution >= 0.6 is 11.8 Å². The number of hydrogen-bond donors (Lipinski definition) is 1. The van der Waals surface area contributed by atoms with E-state index in [4.69, 9.17) is 0 Å². The average molecular weight is 227 g/mol. The van der Waals surface area contributed by atoms with Gasteiger partial charge in [0.2, 0.25) is 0 Å². The Kier molecular flexibility index (Phi) is 4.83. The zero-order chi connectivity index (χ0) is 10.5. The van der Waals surface area contributed by atoms with Gasteiger partial charge in [0.05, 0.1) is 0 Å². The van der Waals surface area contributed by atoms with Crippen molar-refractivity contribution in [2.45, 2.75) is 39.0 Å². The van der Waals surface area contributed by atoms with Gasteiger partial charge in [-0.3, -0.25) is 0 Å². The van der Waals surface area contributed by atoms with Gasteiger partial charge in [-0.1, -0.05) is 13.3 Å². The summed E-state index contributed by atoms with van der Waals surface area (Å²) in [6.07, 6.45) is 7.50. The van der Waals surface area contributed by atoms with Gasteiger partial charge in [0.15, 0.2) is 0 Å². The molecule has 2 aliphatic rings. The van der Waals surface area contributed by atoms with Gasteiger partial charge in [0.1, 0.15) is 0 Å². The Bertz CT molecular complexity index is 183. The number of thioether (sulfide) groups is 1. The quantitative estimate of drug-likeness (QED) is 0.671. The van der Waals surface area contributed by atoms with E-state index in [2.05, 4.69) is 24.0 Å². The Labute approximate surface area is 98.8 Å². The summed E-state index contributed by atoms with van der Waals surface area (Å²) >= 11 is 2.06. The van der Waals surface area contributed by atoms with Crippen LogP contribution in [-0.4, -0.2) is 24.6 Å². The molecule has 1 N–H and O–H groups in total. The number of nitrogens with one attached hydrogen (secondary N) is 1. The molecule has 2 heteroatoms. The molecule has 0 spiro atoms. The van der Waals surface area contributed by atoms with E-state index in [1.54, 1.807) is 6.42 Å². The summed E-state index contributed by atoms with van der Waals surface area (Å²) in [7, 11) is 0. The normalized spacial score (nSPS) is 33.8. The molecule has 0 aromatic heterocycles. The second-order valence-electron chi connectivity index (χ2n) is 5.19. The SMILES string of the molecule is CCSCCCNCC1CC2CCC1C2. The minimum atomic E-state index is 1.03. The van der Waals surface area contributed by atoms with Crippen molar-refractivity contribution in [1.29, 1.82) is 0 Å². The van der Waals surface area contributed by atoms with E-state index >= 15 is 0 Å². The molecule has 2 bridgehead atoms. The van der Waals surface area contributed by atoms with Crippen LogP contribution < -0.4 is 5.32 Å². The molecular formula is C13H25NS. The van der Waals surface area contributed by atoms with Gasteiger partial charge in [-0.05, 0) is 68.0 Å². The van der Waals surface area contributed by atoms with Crippen molar-refractivity contribution in [2.24, 2.45) is 17.8 Å². The highest BCUT2D eigenvalue weighted by Crippen LogP contribution is 2.47. The van der Waals surface area contributed by atoms with Crippen molar-refractivity contribution in [1.82, 2.24) is 5.32 Å². The molecule has 0 aliphatic heterocycles. The van der Waals surface area contributed by atoms with E-state index in [1.165, 1.54) is 50.3 Å². The fraction of sp³-hybridized carbons (Fsp3) is 1.00. The highest BCUT2D eigenvalue weighted by Gasteiger charge is 2.38. The van der Waals surface area contributed by atoms with Crippen LogP contribution in [0.25, 0.3) is 0 Å². The molecule has 0 amide bonds. The summed E-state index contributed by atoms with van der Waals surface area (Å²) in [4.78, 5) is 0. The van der Waals surface area contributed by atoms with Gasteiger partial charge in [-0.15, -0.1) is 0 Å². The molecule has 2 saturated carbocycles. The number of rotatable bonds is 7. The fourth-order valence-corrected chi connectivity index (χ4v) is 3.99. The van der Waals surface area contributed by atoms with Gasteiger partial charge < -0.3 is 5.32 Å². The van der Waals surface area contributed by atoms with E-state index in [9.17, 15) is 0 Å². The molecule has 0 saturated heterocycles. The van der Waals surface area contributed by atoms with Crippen molar-refractivity contribution in [3.05, 3.63) is 0 Å². The van der Waals surface area contributed by atoms with Crippen LogP contribution in [0.3, 0.4) is 0 Å². The lowest BCUT2D eigenvalue weighted by Gasteiger charge is -2.21. The minimum absolute atomic E-state index is 1.03. The molecule has 3 atom stereocenters. The van der Waals surface area contributed by atoms with Crippen molar-refractivity contribution in [3.63, 3.8) is 0 Å². The summed E-state index contributed by atoms with van der Waals surface area (Å²) in [5, 5.41) is 3.66. The maximum absolute atomic E-state index is 3.66. The van der Waals surface area contributed by atoms with Crippen LogP contribution in [0.2, 0.25) is 0 Å². The van der Waals surface area contributed by atoms with Gasteiger partial charge in [-0.2, -0.15) is 11.8 Å². The van der Waals surface area contributed by atoms with Gasteiger partial charge in [-0.25, -0.2) is 0 Å². The smallest absolute Gasteiger partial charge is 0.00178 e. The summed E-state index contributed by atoms with van der Waals surface area (Å²) in [6.45, 7) is 4.78. The Balaban J connectivity index is 1.48. The molecule has 2 rings (SSSR count). The maximum Gasteiger partial charge on any atom is -0.00178 e. The molecule has 2 fully saturated rings. The van der Waals surface area contributed by atoms with Crippen molar-refractivity contribution in [3.8, 4) is 0 Å². The standard InChI is InChI=1S/C13H25NS/c1-2-15-7-3-6-14-10-13-9-11-4-5-12(13)8-11/h11-14H,2-10H2,1H3. The Hall–Kier alpha value is 0.310. The van der Waals surface area contributed by atoms with Crippen LogP contribution in [0.4, 0.5) is 0 Å². The zero-order valence-corrected chi connectivity index (χ0v) is 10.8. The van der Waals surface area contributed by atoms with Crippen LogP contribution in [0, 0.1) is 17.8 Å². The third kappa shape index (κ3) is 3.39. The predicted molar refractivity (Wildman–Crippen MR) is 69.4 cm³/mol. The topological polar surface area (TPSA) is 12.0 Å². The lowest BCUT2D eigenvalue weighted by atomic mass is 9.89. The van der Waals surface area contributed by atoms with Crippen LogP contribution in [0.5, 0.6) is 0 Å². The first-order valence-electron chi connectivity index (χ1n) is 6.68. The molecule has 1 nitrogen and oxygen atoms in total. The second-order valence-corrected chi connectivity index (χ2v) is 6.58. The van der Waals surface area contributed by atoms with E-state index in [-0.39, 0.29) is 0 Å². The largest absolute Gasteiger partial charge is 0.316 e. The van der Waals surface area contributed by atoms with Gasteiger partial charge >= 0.3 is 0 Å². The number of fused-ring (bicyclic) bond motifs is 2. The molecular weight excluding hydrogens is 202 g/mol. The zero-order valence-electron chi connectivity index (χ0n) is 10.0. The minimum Gasteiger partial charge on any atom is -0.316 e. The summed E-state index contributed by atoms with van der Waals surface area (Å²) in [5.41, 5.74) is 0. The van der Waals surface area contributed by atoms with E-state index in [0.29, 0.717) is 0 Å². The third-order valence-electron chi connectivity index (χ3n) is 4.14. The molecule has 0 aromatic rings. The summed E-state index contributed by atoms with van der Waals surface area (Å²) in [6, 6.07) is 0. The van der Waals surface area contributed by atoms with Crippen LogP contribution in [0.1, 0.15) is 39.0 Å². The molecule has 0 radical (unpaired) electrons. The number of hydrogen-bond acceptors (Lipinski definition) is 2. The first-order valence-corrected chi connectivity index (χ1v) is 7.84. The molecule has 0 aromatic carbocycles. The van der Waals surface area contributed by atoms with Crippen molar-refractivity contribution in [2.75, 3.05) is 24.6 Å². The highest BCUT2D eigenvalue weighted by molar-refractivity contribution is 7.99. The molecule has 88 valence electrons. The van der Waals surface area contributed by atoms with Gasteiger partial charge in [0.25, 0.3) is 0 Å². The Morgan fingerprint density at radius 2 is 2.20 bits per heavy atom. The predicted octanol–water partition coefficient (Wildman–Crippen LogP) is 3.16. The molecule has 15 heavy (non-hydrogen) atoms. The van der Waals surface area contributed by atoms with Crippen LogP contribution in [-0.2, 0) is 0 Å². The van der Waals surface area contributed by atoms with E-state index in [1.807, 2.05) is 0 Å². The first-order chi connectivity index (χ1) is 7.40. The lowest BCUT2D eigenvalue weighted by Crippen LogP contribution is -2.27. The molecule has 3 unspecified atom stereocenters. The Morgan fingerprint density at radius 3 is 2.87 bits per heavy atom. The van der Waals surface area contributed by atoms with E-state index in [0.717, 1.165) is 17.8 Å². The van der Waals surface area contributed by atoms with Crippen LogP contribution in [0.15, 0.2) is 0 Å². The lowest BCUT2D eigenvalue weighted by molar-refractivity contribution is 0.319.